The molecular formula is C17H13ClN4. The molecule has 0 atom stereocenters. The minimum Gasteiger partial charge on any atom is -0.309 e. The van der Waals surface area contributed by atoms with Gasteiger partial charge in [0.15, 0.2) is 0 Å². The molecule has 5 heteroatoms. The van der Waals surface area contributed by atoms with E-state index in [0.717, 1.165) is 39.8 Å². The molecule has 0 radical (unpaired) electrons. The molecule has 0 unspecified atom stereocenters. The Labute approximate surface area is 133 Å². The van der Waals surface area contributed by atoms with E-state index in [1.165, 1.54) is 11.8 Å². The second-order valence-corrected chi connectivity index (χ2v) is 5.55. The summed E-state index contributed by atoms with van der Waals surface area (Å²) < 4.78 is 0. The molecule has 1 aromatic carbocycles. The number of nitrogens with zero attached hydrogens (tertiary/aromatic N) is 2. The highest BCUT2D eigenvalue weighted by molar-refractivity contribution is 6.32. The van der Waals surface area contributed by atoms with E-state index < -0.39 is 0 Å². The third kappa shape index (κ3) is 2.13. The van der Waals surface area contributed by atoms with Gasteiger partial charge in [0.2, 0.25) is 0 Å². The summed E-state index contributed by atoms with van der Waals surface area (Å²) in [5.74, 6) is 0.904. The molecule has 108 valence electrons. The van der Waals surface area contributed by atoms with Crippen LogP contribution in [-0.4, -0.2) is 23.5 Å². The summed E-state index contributed by atoms with van der Waals surface area (Å²) >= 11 is 6.07. The van der Waals surface area contributed by atoms with Crippen LogP contribution in [0.5, 0.6) is 0 Å². The lowest BCUT2D eigenvalue weighted by Gasteiger charge is -2.19. The molecule has 3 aliphatic rings. The van der Waals surface area contributed by atoms with Gasteiger partial charge in [-0.1, -0.05) is 23.7 Å². The van der Waals surface area contributed by atoms with Crippen LogP contribution in [-0.2, 0) is 0 Å². The first-order valence-corrected chi connectivity index (χ1v) is 7.37. The zero-order valence-electron chi connectivity index (χ0n) is 11.7. The highest BCUT2D eigenvalue weighted by Crippen LogP contribution is 2.46. The van der Waals surface area contributed by atoms with Crippen molar-refractivity contribution in [2.24, 2.45) is 4.99 Å². The van der Waals surface area contributed by atoms with Crippen LogP contribution in [0.15, 0.2) is 65.1 Å². The van der Waals surface area contributed by atoms with Crippen LogP contribution in [0.3, 0.4) is 0 Å². The van der Waals surface area contributed by atoms with E-state index >= 15 is 0 Å². The van der Waals surface area contributed by atoms with E-state index in [9.17, 15) is 0 Å². The fraction of sp³-hybridized carbons (Fsp3) is 0.0588. The third-order valence-electron chi connectivity index (χ3n) is 3.77. The van der Waals surface area contributed by atoms with Crippen molar-refractivity contribution in [1.82, 2.24) is 10.4 Å². The Morgan fingerprint density at radius 2 is 2.27 bits per heavy atom. The van der Waals surface area contributed by atoms with Crippen molar-refractivity contribution >= 4 is 29.1 Å². The van der Waals surface area contributed by atoms with E-state index in [4.69, 9.17) is 22.0 Å². The number of hydrogen-bond acceptors (Lipinski definition) is 4. The maximum Gasteiger partial charge on any atom is 0.144 e. The summed E-state index contributed by atoms with van der Waals surface area (Å²) in [6.07, 6.45) is 10.9. The van der Waals surface area contributed by atoms with Gasteiger partial charge in [0.25, 0.3) is 0 Å². The number of allylic oxidation sites excluding steroid dienone is 4. The quantitative estimate of drug-likeness (QED) is 0.855. The molecule has 4 rings (SSSR count). The average molecular weight is 309 g/mol. The molecule has 0 spiro atoms. The number of hydrogen-bond donors (Lipinski definition) is 2. The normalized spacial score (nSPS) is 20.5. The Morgan fingerprint density at radius 1 is 1.36 bits per heavy atom. The smallest absolute Gasteiger partial charge is 0.144 e. The van der Waals surface area contributed by atoms with Gasteiger partial charge in [-0.3, -0.25) is 5.01 Å². The number of aliphatic imine (C=N–C) groups is 1. The second-order valence-electron chi connectivity index (χ2n) is 5.11. The Kier molecular flexibility index (Phi) is 3.06. The molecule has 0 fully saturated rings. The van der Waals surface area contributed by atoms with Crippen LogP contribution in [0.4, 0.5) is 0 Å². The van der Waals surface area contributed by atoms with Crippen molar-refractivity contribution in [3.63, 3.8) is 0 Å². The van der Waals surface area contributed by atoms with Crippen molar-refractivity contribution in [2.75, 3.05) is 6.54 Å². The van der Waals surface area contributed by atoms with Crippen LogP contribution in [0.2, 0.25) is 5.02 Å². The number of halogens is 1. The number of benzene rings is 1. The van der Waals surface area contributed by atoms with Gasteiger partial charge < -0.3 is 5.41 Å². The SMILES string of the molecule is N=C/C=C\C(C1=NC2=CCNN2C=C1)=C1/c2ccc(Cl)cc21. The average Bonchev–Trinajstić information content (AvgIpc) is 3.02. The van der Waals surface area contributed by atoms with E-state index in [2.05, 4.69) is 5.43 Å². The predicted octanol–water partition coefficient (Wildman–Crippen LogP) is 3.29. The van der Waals surface area contributed by atoms with Crippen LogP contribution in [0.25, 0.3) is 5.57 Å². The zero-order chi connectivity index (χ0) is 15.1. The largest absolute Gasteiger partial charge is 0.309 e. The first-order valence-electron chi connectivity index (χ1n) is 7.00. The predicted molar refractivity (Wildman–Crippen MR) is 89.9 cm³/mol. The van der Waals surface area contributed by atoms with Gasteiger partial charge >= 0.3 is 0 Å². The van der Waals surface area contributed by atoms with E-state index in [0.29, 0.717) is 0 Å². The minimum absolute atomic E-state index is 0.735. The zero-order valence-corrected chi connectivity index (χ0v) is 12.4. The summed E-state index contributed by atoms with van der Waals surface area (Å²) in [6.45, 7) is 0.786. The molecule has 0 bridgehead atoms. The van der Waals surface area contributed by atoms with E-state index in [1.807, 2.05) is 47.6 Å². The maximum absolute atomic E-state index is 7.24. The summed E-state index contributed by atoms with van der Waals surface area (Å²) in [7, 11) is 0. The van der Waals surface area contributed by atoms with Gasteiger partial charge in [0.05, 0.1) is 5.71 Å². The van der Waals surface area contributed by atoms with Gasteiger partial charge in [0.1, 0.15) is 5.82 Å². The van der Waals surface area contributed by atoms with E-state index in [1.54, 1.807) is 6.08 Å². The van der Waals surface area contributed by atoms with Gasteiger partial charge in [-0.15, -0.1) is 0 Å². The molecule has 0 saturated carbocycles. The summed E-state index contributed by atoms with van der Waals surface area (Å²) in [4.78, 5) is 4.70. The third-order valence-corrected chi connectivity index (χ3v) is 4.01. The fourth-order valence-corrected chi connectivity index (χ4v) is 2.89. The van der Waals surface area contributed by atoms with Crippen LogP contribution in [0, 0.1) is 5.41 Å². The van der Waals surface area contributed by atoms with Gasteiger partial charge in [-0.25, -0.2) is 10.4 Å². The Morgan fingerprint density at radius 3 is 3.09 bits per heavy atom. The van der Waals surface area contributed by atoms with Gasteiger partial charge in [-0.2, -0.15) is 0 Å². The lowest BCUT2D eigenvalue weighted by atomic mass is 10.1. The molecule has 0 saturated heterocycles. The number of hydrazine groups is 1. The molecule has 0 amide bonds. The van der Waals surface area contributed by atoms with Gasteiger partial charge in [-0.05, 0) is 47.1 Å². The molecule has 1 aromatic rings. The lowest BCUT2D eigenvalue weighted by Crippen LogP contribution is -2.28. The monoisotopic (exact) mass is 308 g/mol. The van der Waals surface area contributed by atoms with Crippen molar-refractivity contribution < 1.29 is 0 Å². The maximum atomic E-state index is 7.24. The summed E-state index contributed by atoms with van der Waals surface area (Å²) in [5, 5.41) is 9.88. The summed E-state index contributed by atoms with van der Waals surface area (Å²) in [6, 6.07) is 5.90. The van der Waals surface area contributed by atoms with Crippen LogP contribution in [0.1, 0.15) is 11.1 Å². The lowest BCUT2D eigenvalue weighted by molar-refractivity contribution is 0.383. The molecule has 0 aromatic heterocycles. The van der Waals surface area contributed by atoms with E-state index in [-0.39, 0.29) is 0 Å². The standard InChI is InChI=1S/C17H13ClN4/c18-11-3-4-12-14(10-11)17(12)13(2-1-7-19)15-6-9-22-16(21-15)5-8-20-22/h1-7,9-10,19-20H,8H2/b2-1-,17-13-,19-7?. The molecule has 2 aliphatic heterocycles. The molecular weight excluding hydrogens is 296 g/mol. The molecule has 1 aliphatic carbocycles. The highest BCUT2D eigenvalue weighted by Gasteiger charge is 2.30. The van der Waals surface area contributed by atoms with Gasteiger partial charge in [0, 0.05) is 29.6 Å². The van der Waals surface area contributed by atoms with Crippen molar-refractivity contribution in [2.45, 2.75) is 0 Å². The molecule has 22 heavy (non-hydrogen) atoms. The first-order chi connectivity index (χ1) is 10.8. The molecule has 4 nitrogen and oxygen atoms in total. The van der Waals surface area contributed by atoms with Crippen molar-refractivity contribution in [3.05, 3.63) is 76.2 Å². The number of rotatable bonds is 3. The Bertz CT molecular complexity index is 827. The Hall–Kier alpha value is -2.43. The first kappa shape index (κ1) is 13.2. The number of fused-ring (bicyclic) bond motifs is 2. The molecule has 2 N–H and O–H groups in total. The fourth-order valence-electron chi connectivity index (χ4n) is 2.72. The molecule has 2 heterocycles. The van der Waals surface area contributed by atoms with Crippen molar-refractivity contribution in [1.29, 1.82) is 5.41 Å². The van der Waals surface area contributed by atoms with Crippen LogP contribution < -0.4 is 5.43 Å². The Balaban J connectivity index is 1.80. The minimum atomic E-state index is 0.735. The topological polar surface area (TPSA) is 51.5 Å². The van der Waals surface area contributed by atoms with Crippen LogP contribution >= 0.6 is 11.6 Å². The number of nitrogens with one attached hydrogen (secondary N) is 2. The summed E-state index contributed by atoms with van der Waals surface area (Å²) in [5.41, 5.74) is 8.62. The second kappa shape index (κ2) is 5.09. The highest BCUT2D eigenvalue weighted by atomic mass is 35.5. The van der Waals surface area contributed by atoms with Crippen molar-refractivity contribution in [3.8, 4) is 0 Å².